The van der Waals surface area contributed by atoms with E-state index < -0.39 is 15.9 Å². The highest BCUT2D eigenvalue weighted by atomic mass is 32.2. The van der Waals surface area contributed by atoms with Gasteiger partial charge in [-0.15, -0.1) is 0 Å². The maximum atomic E-state index is 11.7. The molecule has 0 unspecified atom stereocenters. The Bertz CT molecular complexity index is 689. The molecule has 2 heterocycles. The molecule has 0 aliphatic rings. The maximum Gasteiger partial charge on any atom is 0.260 e. The zero-order chi connectivity index (χ0) is 12.6. The molecule has 0 saturated carbocycles. The smallest absolute Gasteiger partial charge is 0.260 e. The molecule has 0 spiro atoms. The third kappa shape index (κ3) is 1.77. The summed E-state index contributed by atoms with van der Waals surface area (Å²) in [4.78, 5) is 11.3. The van der Waals surface area contributed by atoms with Crippen LogP contribution in [0.4, 0.5) is 0 Å². The summed E-state index contributed by atoms with van der Waals surface area (Å²) in [6.45, 7) is 0. The van der Waals surface area contributed by atoms with Crippen molar-refractivity contribution in [2.75, 3.05) is 7.05 Å². The molecule has 0 aliphatic heterocycles. The molecule has 1 amide bonds. The monoisotopic (exact) mass is 254 g/mol. The number of primary amides is 1. The Hall–Kier alpha value is -1.93. The Balaban J connectivity index is 2.89. The van der Waals surface area contributed by atoms with E-state index in [0.717, 1.165) is 0 Å². The average molecular weight is 254 g/mol. The van der Waals surface area contributed by atoms with Crippen molar-refractivity contribution >= 4 is 21.4 Å². The number of nitrogens with one attached hydrogen (secondary N) is 1. The standard InChI is InChI=1S/C9H10N4O3S/c1-11-17(15,16)9-7(8(10)14)6-4-2-3-5-13(6)12-9/h2-5,11H,1H3,(H2,10,14). The quantitative estimate of drug-likeness (QED) is 0.758. The SMILES string of the molecule is CNS(=O)(=O)c1nn2ccccc2c1C(N)=O. The zero-order valence-corrected chi connectivity index (χ0v) is 9.73. The Morgan fingerprint density at radius 3 is 2.76 bits per heavy atom. The summed E-state index contributed by atoms with van der Waals surface area (Å²) < 4.78 is 26.8. The molecule has 3 N–H and O–H groups in total. The van der Waals surface area contributed by atoms with Crippen LogP contribution in [0, 0.1) is 0 Å². The maximum absolute atomic E-state index is 11.7. The predicted octanol–water partition coefficient (Wildman–Crippen LogP) is -0.659. The minimum absolute atomic E-state index is 0.111. The number of pyridine rings is 1. The second kappa shape index (κ2) is 3.82. The van der Waals surface area contributed by atoms with Gasteiger partial charge in [0.2, 0.25) is 5.03 Å². The largest absolute Gasteiger partial charge is 0.365 e. The van der Waals surface area contributed by atoms with Crippen molar-refractivity contribution in [3.8, 4) is 0 Å². The van der Waals surface area contributed by atoms with Gasteiger partial charge in [0.15, 0.2) is 0 Å². The van der Waals surface area contributed by atoms with Gasteiger partial charge < -0.3 is 5.73 Å². The third-order valence-corrected chi connectivity index (χ3v) is 3.61. The first-order valence-electron chi connectivity index (χ1n) is 4.68. The van der Waals surface area contributed by atoms with E-state index in [9.17, 15) is 13.2 Å². The number of nitrogens with zero attached hydrogens (tertiary/aromatic N) is 2. The van der Waals surface area contributed by atoms with Gasteiger partial charge in [0.25, 0.3) is 15.9 Å². The summed E-state index contributed by atoms with van der Waals surface area (Å²) in [5.41, 5.74) is 5.44. The van der Waals surface area contributed by atoms with E-state index in [0.29, 0.717) is 5.52 Å². The van der Waals surface area contributed by atoms with Crippen LogP contribution < -0.4 is 10.5 Å². The Labute approximate surface area is 97.3 Å². The lowest BCUT2D eigenvalue weighted by atomic mass is 10.2. The summed E-state index contributed by atoms with van der Waals surface area (Å²) in [5.74, 6) is -0.833. The molecule has 90 valence electrons. The average Bonchev–Trinajstić information content (AvgIpc) is 2.68. The fourth-order valence-corrected chi connectivity index (χ4v) is 2.36. The van der Waals surface area contributed by atoms with Gasteiger partial charge in [0, 0.05) is 6.20 Å². The third-order valence-electron chi connectivity index (χ3n) is 2.28. The van der Waals surface area contributed by atoms with E-state index >= 15 is 0 Å². The molecule has 2 rings (SSSR count). The lowest BCUT2D eigenvalue weighted by molar-refractivity contribution is 0.0998. The number of fused-ring (bicyclic) bond motifs is 1. The molecule has 2 aromatic heterocycles. The number of rotatable bonds is 3. The summed E-state index contributed by atoms with van der Waals surface area (Å²) in [5, 5.41) is 3.48. The van der Waals surface area contributed by atoms with E-state index in [-0.39, 0.29) is 10.6 Å². The Morgan fingerprint density at radius 1 is 1.47 bits per heavy atom. The molecule has 0 bridgehead atoms. The number of carbonyl (C=O) groups excluding carboxylic acids is 1. The van der Waals surface area contributed by atoms with Gasteiger partial charge in [-0.2, -0.15) is 5.10 Å². The lowest BCUT2D eigenvalue weighted by Gasteiger charge is -1.99. The van der Waals surface area contributed by atoms with Crippen molar-refractivity contribution < 1.29 is 13.2 Å². The van der Waals surface area contributed by atoms with Crippen LogP contribution in [0.1, 0.15) is 10.4 Å². The van der Waals surface area contributed by atoms with E-state index in [1.54, 1.807) is 18.2 Å². The molecule has 8 heteroatoms. The topological polar surface area (TPSA) is 107 Å². The first kappa shape index (κ1) is 11.6. The number of nitrogens with two attached hydrogens (primary N) is 1. The van der Waals surface area contributed by atoms with Gasteiger partial charge in [0.05, 0.1) is 5.52 Å². The predicted molar refractivity (Wildman–Crippen MR) is 60.0 cm³/mol. The molecule has 0 fully saturated rings. The van der Waals surface area contributed by atoms with Crippen molar-refractivity contribution in [1.29, 1.82) is 0 Å². The number of aromatic nitrogens is 2. The summed E-state index contributed by atoms with van der Waals surface area (Å²) in [6.07, 6.45) is 1.54. The van der Waals surface area contributed by atoms with Crippen LogP contribution in [0.5, 0.6) is 0 Å². The van der Waals surface area contributed by atoms with Gasteiger partial charge in [-0.3, -0.25) is 4.79 Å². The second-order valence-electron chi connectivity index (χ2n) is 3.28. The second-order valence-corrected chi connectivity index (χ2v) is 5.08. The number of sulfonamides is 1. The fourth-order valence-electron chi connectivity index (χ4n) is 1.49. The van der Waals surface area contributed by atoms with Gasteiger partial charge >= 0.3 is 0 Å². The van der Waals surface area contributed by atoms with Crippen LogP contribution >= 0.6 is 0 Å². The van der Waals surface area contributed by atoms with Crippen molar-refractivity contribution in [3.63, 3.8) is 0 Å². The van der Waals surface area contributed by atoms with Gasteiger partial charge in [-0.25, -0.2) is 17.7 Å². The van der Waals surface area contributed by atoms with Gasteiger partial charge in [-0.1, -0.05) is 6.07 Å². The van der Waals surface area contributed by atoms with E-state index in [1.807, 2.05) is 0 Å². The molecular weight excluding hydrogens is 244 g/mol. The molecule has 7 nitrogen and oxygen atoms in total. The number of carbonyl (C=O) groups is 1. The molecule has 0 aliphatic carbocycles. The van der Waals surface area contributed by atoms with Crippen LogP contribution in [0.15, 0.2) is 29.4 Å². The lowest BCUT2D eigenvalue weighted by Crippen LogP contribution is -2.23. The minimum atomic E-state index is -3.82. The van der Waals surface area contributed by atoms with Crippen LogP contribution in [0.3, 0.4) is 0 Å². The highest BCUT2D eigenvalue weighted by Gasteiger charge is 2.26. The first-order valence-corrected chi connectivity index (χ1v) is 6.16. The zero-order valence-electron chi connectivity index (χ0n) is 8.91. The van der Waals surface area contributed by atoms with Crippen molar-refractivity contribution in [2.45, 2.75) is 5.03 Å². The normalized spacial score (nSPS) is 11.8. The highest BCUT2D eigenvalue weighted by molar-refractivity contribution is 7.89. The summed E-state index contributed by atoms with van der Waals surface area (Å²) in [6, 6.07) is 4.90. The Morgan fingerprint density at radius 2 is 2.18 bits per heavy atom. The van der Waals surface area contributed by atoms with Crippen LogP contribution in [-0.2, 0) is 10.0 Å². The highest BCUT2D eigenvalue weighted by Crippen LogP contribution is 2.19. The minimum Gasteiger partial charge on any atom is -0.365 e. The molecule has 0 aromatic carbocycles. The molecule has 0 atom stereocenters. The molecule has 2 aromatic rings. The van der Waals surface area contributed by atoms with Gasteiger partial charge in [0.1, 0.15) is 5.56 Å². The van der Waals surface area contributed by atoms with Crippen molar-refractivity contribution in [2.24, 2.45) is 5.73 Å². The van der Waals surface area contributed by atoms with Crippen LogP contribution in [-0.4, -0.2) is 31.0 Å². The van der Waals surface area contributed by atoms with Crippen LogP contribution in [0.25, 0.3) is 5.52 Å². The van der Waals surface area contributed by atoms with E-state index in [2.05, 4.69) is 9.82 Å². The number of amides is 1. The molecular formula is C9H10N4O3S. The van der Waals surface area contributed by atoms with Crippen molar-refractivity contribution in [3.05, 3.63) is 30.0 Å². The summed E-state index contributed by atoms with van der Waals surface area (Å²) >= 11 is 0. The first-order chi connectivity index (χ1) is 7.97. The fraction of sp³-hybridized carbons (Fsp3) is 0.111. The van der Waals surface area contributed by atoms with Crippen molar-refractivity contribution in [1.82, 2.24) is 14.3 Å². The molecule has 17 heavy (non-hydrogen) atoms. The van der Waals surface area contributed by atoms with E-state index in [1.165, 1.54) is 17.8 Å². The molecule has 0 radical (unpaired) electrons. The van der Waals surface area contributed by atoms with Crippen LogP contribution in [0.2, 0.25) is 0 Å². The number of hydrogen-bond acceptors (Lipinski definition) is 4. The van der Waals surface area contributed by atoms with E-state index in [4.69, 9.17) is 5.73 Å². The Kier molecular flexibility index (Phi) is 2.60. The summed E-state index contributed by atoms with van der Waals surface area (Å²) in [7, 11) is -2.58. The number of hydrogen-bond donors (Lipinski definition) is 2. The van der Waals surface area contributed by atoms with Gasteiger partial charge in [-0.05, 0) is 19.2 Å². The molecule has 0 saturated heterocycles.